The highest BCUT2D eigenvalue weighted by atomic mass is 16.3. The maximum absolute atomic E-state index is 14.1. The van der Waals surface area contributed by atoms with Crippen molar-refractivity contribution in [3.05, 3.63) is 35.9 Å². The maximum atomic E-state index is 14.1. The highest BCUT2D eigenvalue weighted by Gasteiger charge is 2.34. The summed E-state index contributed by atoms with van der Waals surface area (Å²) in [4.78, 5) is 179. The summed E-state index contributed by atoms with van der Waals surface area (Å²) in [6.07, 6.45) is 0.0689. The number of aliphatic hydroxyl groups is 2. The maximum Gasteiger partial charge on any atom is 0.245 e. The summed E-state index contributed by atoms with van der Waals surface area (Å²) in [5, 5.41) is 49.7. The van der Waals surface area contributed by atoms with Crippen molar-refractivity contribution >= 4 is 88.7 Å². The minimum absolute atomic E-state index is 0.0224. The van der Waals surface area contributed by atoms with Gasteiger partial charge in [-0.2, -0.15) is 0 Å². The van der Waals surface area contributed by atoms with Crippen molar-refractivity contribution in [2.75, 3.05) is 52.4 Å². The molecule has 0 aliphatic heterocycles. The van der Waals surface area contributed by atoms with Crippen LogP contribution in [-0.4, -0.2) is 218 Å². The van der Waals surface area contributed by atoms with Gasteiger partial charge in [0.25, 0.3) is 0 Å². The van der Waals surface area contributed by atoms with Crippen molar-refractivity contribution in [3.8, 4) is 0 Å². The second kappa shape index (κ2) is 44.2. The van der Waals surface area contributed by atoms with Gasteiger partial charge in [-0.05, 0) is 111 Å². The predicted octanol–water partition coefficient (Wildman–Crippen LogP) is -10.4. The first-order valence-electron chi connectivity index (χ1n) is 29.9. The van der Waals surface area contributed by atoms with Gasteiger partial charge in [-0.3, -0.25) is 72.3 Å². The van der Waals surface area contributed by atoms with Crippen LogP contribution in [0.4, 0.5) is 0 Å². The Kier molecular flexibility index (Phi) is 38.8. The first-order chi connectivity index (χ1) is 43.4. The number of amides is 13. The van der Waals surface area contributed by atoms with E-state index in [-0.39, 0.29) is 82.9 Å². The van der Waals surface area contributed by atoms with Crippen LogP contribution < -0.4 is 110 Å². The lowest BCUT2D eigenvalue weighted by molar-refractivity contribution is -0.136. The smallest absolute Gasteiger partial charge is 0.245 e. The number of benzene rings is 1. The number of carbonyl (C=O) groups excluding carboxylic acids is 13. The molecule has 0 saturated carbocycles. The lowest BCUT2D eigenvalue weighted by atomic mass is 10.0. The zero-order valence-electron chi connectivity index (χ0n) is 52.4. The normalized spacial score (nSPS) is 14.4. The zero-order valence-corrected chi connectivity index (χ0v) is 52.4. The molecule has 37 nitrogen and oxygen atoms in total. The Morgan fingerprint density at radius 2 is 0.837 bits per heavy atom. The van der Waals surface area contributed by atoms with Crippen molar-refractivity contribution in [1.82, 2.24) is 63.8 Å². The fraction of sp³-hybridized carbons (Fsp3) is 0.618. The molecule has 0 saturated heterocycles. The van der Waals surface area contributed by atoms with Gasteiger partial charge in [-0.15, -0.1) is 0 Å². The van der Waals surface area contributed by atoms with Crippen LogP contribution >= 0.6 is 0 Å². The molecule has 0 unspecified atom stereocenters. The third-order valence-electron chi connectivity index (χ3n) is 13.4. The second-order valence-electron chi connectivity index (χ2n) is 21.4. The molecule has 0 aromatic heterocycles. The fourth-order valence-corrected chi connectivity index (χ4v) is 8.24. The quantitative estimate of drug-likeness (QED) is 0.0164. The Bertz CT molecular complexity index is 2660. The van der Waals surface area contributed by atoms with Crippen molar-refractivity contribution < 1.29 is 72.5 Å². The summed E-state index contributed by atoms with van der Waals surface area (Å²) in [7, 11) is 0. The molecule has 0 aliphatic carbocycles. The number of nitrogens with two attached hydrogens (primary N) is 8. The fourth-order valence-electron chi connectivity index (χ4n) is 8.24. The van der Waals surface area contributed by atoms with Gasteiger partial charge in [0.05, 0.1) is 38.4 Å². The number of hydrogen-bond acceptors (Lipinski definition) is 20. The number of nitrogens with zero attached hydrogens (tertiary/aromatic N) is 2. The van der Waals surface area contributed by atoms with Crippen LogP contribution in [0.3, 0.4) is 0 Å². The van der Waals surface area contributed by atoms with E-state index in [1.807, 2.05) is 0 Å². The third-order valence-corrected chi connectivity index (χ3v) is 13.4. The molecule has 1 aromatic rings. The van der Waals surface area contributed by atoms with Crippen LogP contribution in [0.5, 0.6) is 0 Å². The van der Waals surface area contributed by atoms with Crippen LogP contribution in [-0.2, 0) is 68.7 Å². The monoisotopic (exact) mass is 1300 g/mol. The van der Waals surface area contributed by atoms with Gasteiger partial charge in [0.1, 0.15) is 54.4 Å². The number of primary amides is 1. The van der Waals surface area contributed by atoms with Crippen LogP contribution in [0.1, 0.15) is 97.5 Å². The molecule has 0 spiro atoms. The Balaban J connectivity index is 3.22. The number of rotatable bonds is 45. The molecule has 516 valence electrons. The Hall–Kier alpha value is -9.33. The minimum atomic E-state index is -1.72. The van der Waals surface area contributed by atoms with Crippen molar-refractivity contribution in [1.29, 1.82) is 0 Å². The molecule has 13 amide bonds. The topological polar surface area (TPSA) is 640 Å². The molecule has 1 aromatic carbocycles. The Labute approximate surface area is 532 Å². The van der Waals surface area contributed by atoms with E-state index >= 15 is 0 Å². The number of unbranched alkanes of at least 4 members (excludes halogenated alkanes) is 2. The summed E-state index contributed by atoms with van der Waals surface area (Å²) in [6.45, 7) is 2.68. The van der Waals surface area contributed by atoms with E-state index in [4.69, 9.17) is 45.9 Å². The third kappa shape index (κ3) is 33.5. The number of hydrogen-bond donors (Lipinski definition) is 22. The van der Waals surface area contributed by atoms with E-state index in [0.29, 0.717) is 31.4 Å². The highest BCUT2D eigenvalue weighted by molar-refractivity contribution is 5.99. The second-order valence-corrected chi connectivity index (χ2v) is 21.4. The van der Waals surface area contributed by atoms with E-state index in [2.05, 4.69) is 73.8 Å². The molecule has 1 rings (SSSR count). The van der Waals surface area contributed by atoms with Gasteiger partial charge in [-0.1, -0.05) is 30.3 Å². The zero-order chi connectivity index (χ0) is 69.5. The molecule has 0 aliphatic rings. The van der Waals surface area contributed by atoms with Crippen molar-refractivity contribution in [3.63, 3.8) is 0 Å². The van der Waals surface area contributed by atoms with Crippen LogP contribution in [0.2, 0.25) is 0 Å². The first kappa shape index (κ1) is 80.7. The number of guanidine groups is 2. The van der Waals surface area contributed by atoms with E-state index in [0.717, 1.165) is 0 Å². The summed E-state index contributed by atoms with van der Waals surface area (Å²) in [6, 6.07) is -5.44. The lowest BCUT2D eigenvalue weighted by Crippen LogP contribution is -2.60. The lowest BCUT2D eigenvalue weighted by Gasteiger charge is -2.26. The Morgan fingerprint density at radius 1 is 0.435 bits per heavy atom. The molecule has 0 radical (unpaired) electrons. The minimum Gasteiger partial charge on any atom is -0.394 e. The largest absolute Gasteiger partial charge is 0.394 e. The summed E-state index contributed by atoms with van der Waals surface area (Å²) >= 11 is 0. The molecule has 92 heavy (non-hydrogen) atoms. The number of nitrogens with one attached hydrogen (secondary N) is 12. The molecule has 0 bridgehead atoms. The number of aliphatic hydroxyl groups excluding tert-OH is 2. The van der Waals surface area contributed by atoms with Gasteiger partial charge in [0.15, 0.2) is 11.9 Å². The van der Waals surface area contributed by atoms with E-state index in [1.165, 1.54) is 27.7 Å². The highest BCUT2D eigenvalue weighted by Crippen LogP contribution is 2.09. The van der Waals surface area contributed by atoms with Gasteiger partial charge < -0.3 is 120 Å². The number of carbonyl (C=O) groups is 13. The Morgan fingerprint density at radius 3 is 1.30 bits per heavy atom. The molecule has 0 heterocycles. The molecule has 37 heteroatoms. The van der Waals surface area contributed by atoms with Crippen LogP contribution in [0, 0.1) is 0 Å². The van der Waals surface area contributed by atoms with Gasteiger partial charge in [0, 0.05) is 19.5 Å². The van der Waals surface area contributed by atoms with Crippen molar-refractivity contribution in [2.45, 2.75) is 165 Å². The van der Waals surface area contributed by atoms with Gasteiger partial charge in [0.2, 0.25) is 76.8 Å². The van der Waals surface area contributed by atoms with Gasteiger partial charge in [-0.25, -0.2) is 0 Å². The molecular weight excluding hydrogens is 1210 g/mol. The predicted molar refractivity (Wildman–Crippen MR) is 335 cm³/mol. The molecule has 11 atom stereocenters. The molecule has 30 N–H and O–H groups in total. The average Bonchev–Trinajstić information content (AvgIpc) is 1.56. The summed E-state index contributed by atoms with van der Waals surface area (Å²) in [5.41, 5.74) is 44.6. The van der Waals surface area contributed by atoms with Crippen LogP contribution in [0.15, 0.2) is 40.3 Å². The summed E-state index contributed by atoms with van der Waals surface area (Å²) in [5.74, 6) is -12.1. The number of aliphatic imine (C=N–C) groups is 2. The van der Waals surface area contributed by atoms with Crippen LogP contribution in [0.25, 0.3) is 0 Å². The molecular formula is C55H96N22O15. The van der Waals surface area contributed by atoms with Crippen molar-refractivity contribution in [2.24, 2.45) is 55.9 Å². The van der Waals surface area contributed by atoms with Gasteiger partial charge >= 0.3 is 0 Å². The van der Waals surface area contributed by atoms with E-state index < -0.39 is 170 Å². The van der Waals surface area contributed by atoms with E-state index in [9.17, 15) is 72.5 Å². The van der Waals surface area contributed by atoms with E-state index in [1.54, 1.807) is 30.3 Å². The standard InChI is InChI=1S/C55H96N22O15/c1-29(58)45(84)67-25-40(80)66-26-42(82)71-38(24-33-14-6-5-7-15-33)51(90)77-43(32(4)79)53(92)68-27-41(81)69-30(2)46(85)73-37(19-13-23-65-55(62)63)49(88)75-35(17-9-11-21-57)50(89)76-39(28-78)52(91)70-31(3)47(86)74-36(18-12-22-64-54(60)61)48(87)72-34(44(59)83)16-8-10-20-56/h5-7,14-15,29-32,34-39,43,78-79H,8-13,16-28,56-58H2,1-4H3,(H2,59,83)(H,66,80)(H,67,84)(H,68,92)(H,69,81)(H,70,91)(H,71,82)(H,72,87)(H,73,85)(H,74,86)(H,75,88)(H,76,89)(H,77,90)(H4,60,61,64)(H4,62,63,65)/t29-,30-,31-,32+,34-,35-,36-,37-,38-,39-,43-/m0/s1. The first-order valence-corrected chi connectivity index (χ1v) is 29.9. The average molecular weight is 1310 g/mol. The SMILES string of the molecule is C[C@H](N)C(=O)NCC(=O)NCC(=O)N[C@@H](Cc1ccccc1)C(=O)N[C@H](C(=O)NCC(=O)N[C@@H](C)C(=O)N[C@@H](CCCN=C(N)N)C(=O)N[C@@H](CCCCN)C(=O)N[C@@H](CO)C(=O)N[C@@H](C)C(=O)N[C@@H](CCCN=C(N)N)C(=O)N[C@@H](CCCCN)C(N)=O)[C@@H](C)O. The summed E-state index contributed by atoms with van der Waals surface area (Å²) < 4.78 is 0. The molecule has 0 fully saturated rings.